The smallest absolute Gasteiger partial charge is 0.235 e. The van der Waals surface area contributed by atoms with Gasteiger partial charge in [-0.1, -0.05) is 6.92 Å². The van der Waals surface area contributed by atoms with Crippen molar-refractivity contribution < 1.29 is 0 Å². The van der Waals surface area contributed by atoms with Gasteiger partial charge in [0.2, 0.25) is 17.8 Å². The maximum Gasteiger partial charge on any atom is 0.235 e. The highest BCUT2D eigenvalue weighted by molar-refractivity contribution is 5.51. The fourth-order valence-electron chi connectivity index (χ4n) is 1.86. The minimum Gasteiger partial charge on any atom is -0.354 e. The van der Waals surface area contributed by atoms with E-state index < -0.39 is 0 Å². The number of rotatable bonds is 8. The fourth-order valence-corrected chi connectivity index (χ4v) is 1.86. The lowest BCUT2D eigenvalue weighted by Crippen LogP contribution is -2.25. The van der Waals surface area contributed by atoms with Gasteiger partial charge in [-0.15, -0.1) is 0 Å². The zero-order valence-electron chi connectivity index (χ0n) is 13.2. The van der Waals surface area contributed by atoms with E-state index in [1.54, 1.807) is 18.6 Å². The third kappa shape index (κ3) is 4.24. The van der Waals surface area contributed by atoms with Crippen LogP contribution in [0.2, 0.25) is 0 Å². The molecule has 0 spiro atoms. The molecule has 8 heteroatoms. The second-order valence-corrected chi connectivity index (χ2v) is 4.60. The predicted molar refractivity (Wildman–Crippen MR) is 87.5 cm³/mol. The van der Waals surface area contributed by atoms with Crippen molar-refractivity contribution in [3.63, 3.8) is 0 Å². The van der Waals surface area contributed by atoms with E-state index in [0.717, 1.165) is 26.1 Å². The number of hydrogen-bond donors (Lipinski definition) is 2. The summed E-state index contributed by atoms with van der Waals surface area (Å²) in [6.45, 7) is 8.71. The van der Waals surface area contributed by atoms with Gasteiger partial charge in [-0.05, 0) is 20.3 Å². The molecule has 2 rings (SSSR count). The second kappa shape index (κ2) is 8.06. The topological polar surface area (TPSA) is 91.8 Å². The molecule has 0 unspecified atom stereocenters. The molecule has 0 aromatic carbocycles. The Balaban J connectivity index is 2.28. The van der Waals surface area contributed by atoms with Crippen molar-refractivity contribution >= 4 is 23.7 Å². The Labute approximate surface area is 130 Å². The average Bonchev–Trinajstić information content (AvgIpc) is 2.55. The first kappa shape index (κ1) is 15.9. The van der Waals surface area contributed by atoms with Crippen molar-refractivity contribution in [2.75, 3.05) is 35.2 Å². The third-order valence-corrected chi connectivity index (χ3v) is 3.01. The summed E-state index contributed by atoms with van der Waals surface area (Å²) in [6.07, 6.45) is 5.86. The van der Waals surface area contributed by atoms with Gasteiger partial charge < -0.3 is 15.5 Å². The van der Waals surface area contributed by atoms with E-state index in [-0.39, 0.29) is 0 Å². The molecule has 0 amide bonds. The van der Waals surface area contributed by atoms with Crippen molar-refractivity contribution in [2.24, 2.45) is 0 Å². The summed E-state index contributed by atoms with van der Waals surface area (Å²) in [4.78, 5) is 23.6. The Bertz CT molecular complexity index is 570. The van der Waals surface area contributed by atoms with Crippen LogP contribution in [0, 0.1) is 0 Å². The minimum absolute atomic E-state index is 0.455. The van der Waals surface area contributed by atoms with Gasteiger partial charge in [-0.25, -0.2) is 4.98 Å². The Morgan fingerprint density at radius 1 is 1.00 bits per heavy atom. The van der Waals surface area contributed by atoms with Crippen molar-refractivity contribution in [3.05, 3.63) is 18.6 Å². The molecule has 2 N–H and O–H groups in total. The molecule has 0 aliphatic rings. The van der Waals surface area contributed by atoms with Gasteiger partial charge in [0, 0.05) is 32.0 Å². The van der Waals surface area contributed by atoms with Crippen LogP contribution in [0.25, 0.3) is 0 Å². The molecule has 0 saturated heterocycles. The van der Waals surface area contributed by atoms with E-state index in [4.69, 9.17) is 0 Å². The summed E-state index contributed by atoms with van der Waals surface area (Å²) in [5, 5.41) is 6.26. The van der Waals surface area contributed by atoms with Crippen molar-refractivity contribution in [1.82, 2.24) is 24.9 Å². The molecule has 0 fully saturated rings. The van der Waals surface area contributed by atoms with Crippen LogP contribution in [-0.2, 0) is 0 Å². The van der Waals surface area contributed by atoms with Gasteiger partial charge in [0.25, 0.3) is 0 Å². The summed E-state index contributed by atoms with van der Waals surface area (Å²) < 4.78 is 0. The standard InChI is InChI=1S/C14H22N8/c1-4-7-17-12-19-13(18-11-10-15-8-9-16-11)21-14(20-12)22(5-2)6-3/h8-10H,4-7H2,1-3H3,(H2,16,17,18,19,20,21). The summed E-state index contributed by atoms with van der Waals surface area (Å²) in [6, 6.07) is 0. The van der Waals surface area contributed by atoms with Crippen LogP contribution >= 0.6 is 0 Å². The minimum atomic E-state index is 0.455. The maximum atomic E-state index is 4.47. The quantitative estimate of drug-likeness (QED) is 0.765. The second-order valence-electron chi connectivity index (χ2n) is 4.60. The van der Waals surface area contributed by atoms with Gasteiger partial charge in [0.1, 0.15) is 0 Å². The van der Waals surface area contributed by atoms with E-state index in [9.17, 15) is 0 Å². The Morgan fingerprint density at radius 3 is 2.41 bits per heavy atom. The summed E-state index contributed by atoms with van der Waals surface area (Å²) in [5.41, 5.74) is 0. The molecule has 2 aromatic rings. The molecule has 118 valence electrons. The molecular formula is C14H22N8. The van der Waals surface area contributed by atoms with E-state index in [0.29, 0.717) is 23.7 Å². The first-order chi connectivity index (χ1) is 10.8. The number of hydrogen-bond acceptors (Lipinski definition) is 8. The predicted octanol–water partition coefficient (Wildman–Crippen LogP) is 2.07. The first-order valence-electron chi connectivity index (χ1n) is 7.54. The van der Waals surface area contributed by atoms with E-state index in [1.807, 2.05) is 0 Å². The Morgan fingerprint density at radius 2 is 1.77 bits per heavy atom. The monoisotopic (exact) mass is 302 g/mol. The van der Waals surface area contributed by atoms with Gasteiger partial charge in [0.05, 0.1) is 6.20 Å². The van der Waals surface area contributed by atoms with Crippen LogP contribution < -0.4 is 15.5 Å². The lowest BCUT2D eigenvalue weighted by molar-refractivity contribution is 0.811. The Kier molecular flexibility index (Phi) is 5.81. The SMILES string of the molecule is CCCNc1nc(Nc2cnccn2)nc(N(CC)CC)n1. The van der Waals surface area contributed by atoms with Crippen molar-refractivity contribution in [3.8, 4) is 0 Å². The molecule has 0 bridgehead atoms. The van der Waals surface area contributed by atoms with E-state index >= 15 is 0 Å². The average molecular weight is 302 g/mol. The first-order valence-corrected chi connectivity index (χ1v) is 7.54. The zero-order valence-corrected chi connectivity index (χ0v) is 13.2. The molecular weight excluding hydrogens is 280 g/mol. The molecule has 2 heterocycles. The van der Waals surface area contributed by atoms with Crippen LogP contribution in [0.4, 0.5) is 23.7 Å². The van der Waals surface area contributed by atoms with Crippen LogP contribution in [0.15, 0.2) is 18.6 Å². The third-order valence-electron chi connectivity index (χ3n) is 3.01. The van der Waals surface area contributed by atoms with Crippen molar-refractivity contribution in [2.45, 2.75) is 27.2 Å². The maximum absolute atomic E-state index is 4.47. The molecule has 0 aliphatic heterocycles. The normalized spacial score (nSPS) is 10.3. The molecule has 22 heavy (non-hydrogen) atoms. The fraction of sp³-hybridized carbons (Fsp3) is 0.500. The number of anilines is 4. The number of aromatic nitrogens is 5. The summed E-state index contributed by atoms with van der Waals surface area (Å²) in [5.74, 6) is 2.26. The largest absolute Gasteiger partial charge is 0.354 e. The molecule has 8 nitrogen and oxygen atoms in total. The molecule has 2 aromatic heterocycles. The van der Waals surface area contributed by atoms with Crippen molar-refractivity contribution in [1.29, 1.82) is 0 Å². The van der Waals surface area contributed by atoms with Gasteiger partial charge >= 0.3 is 0 Å². The van der Waals surface area contributed by atoms with E-state index in [1.165, 1.54) is 0 Å². The van der Waals surface area contributed by atoms with E-state index in [2.05, 4.69) is 61.2 Å². The van der Waals surface area contributed by atoms with Crippen LogP contribution in [0.1, 0.15) is 27.2 Å². The highest BCUT2D eigenvalue weighted by atomic mass is 15.3. The number of nitrogens with zero attached hydrogens (tertiary/aromatic N) is 6. The molecule has 0 aliphatic carbocycles. The lowest BCUT2D eigenvalue weighted by atomic mass is 10.5. The number of nitrogens with one attached hydrogen (secondary N) is 2. The van der Waals surface area contributed by atoms with Crippen LogP contribution in [0.5, 0.6) is 0 Å². The summed E-state index contributed by atoms with van der Waals surface area (Å²) >= 11 is 0. The van der Waals surface area contributed by atoms with Gasteiger partial charge in [-0.3, -0.25) is 4.98 Å². The Hall–Kier alpha value is -2.51. The van der Waals surface area contributed by atoms with Crippen LogP contribution in [0.3, 0.4) is 0 Å². The van der Waals surface area contributed by atoms with Crippen LogP contribution in [-0.4, -0.2) is 44.6 Å². The highest BCUT2D eigenvalue weighted by Crippen LogP contribution is 2.16. The molecule has 0 atom stereocenters. The molecule has 0 radical (unpaired) electrons. The molecule has 0 saturated carbocycles. The highest BCUT2D eigenvalue weighted by Gasteiger charge is 2.11. The lowest BCUT2D eigenvalue weighted by Gasteiger charge is -2.19. The summed E-state index contributed by atoms with van der Waals surface area (Å²) in [7, 11) is 0. The van der Waals surface area contributed by atoms with Gasteiger partial charge in [-0.2, -0.15) is 15.0 Å². The van der Waals surface area contributed by atoms with Gasteiger partial charge in [0.15, 0.2) is 5.82 Å². The zero-order chi connectivity index (χ0) is 15.8.